The molecule has 0 radical (unpaired) electrons. The molecule has 0 aliphatic carbocycles. The summed E-state index contributed by atoms with van der Waals surface area (Å²) in [5.41, 5.74) is 5.37. The summed E-state index contributed by atoms with van der Waals surface area (Å²) >= 11 is 0. The maximum atomic E-state index is 12.0. The van der Waals surface area contributed by atoms with Gasteiger partial charge in [0.25, 0.3) is 0 Å². The number of imidazole rings is 1. The minimum Gasteiger partial charge on any atom is -0.465 e. The van der Waals surface area contributed by atoms with Gasteiger partial charge in [-0.25, -0.2) is 4.98 Å². The highest BCUT2D eigenvalue weighted by molar-refractivity contribution is 5.81. The van der Waals surface area contributed by atoms with Gasteiger partial charge in [0.15, 0.2) is 0 Å². The summed E-state index contributed by atoms with van der Waals surface area (Å²) in [6, 6.07) is 23.8. The maximum Gasteiger partial charge on any atom is 0.325 e. The number of carbonyl (C=O) groups is 1. The van der Waals surface area contributed by atoms with Crippen molar-refractivity contribution < 1.29 is 9.53 Å². The zero-order chi connectivity index (χ0) is 21.6. The van der Waals surface area contributed by atoms with Crippen LogP contribution in [0.3, 0.4) is 0 Å². The summed E-state index contributed by atoms with van der Waals surface area (Å²) < 4.78 is 7.03. The number of nitrogens with one attached hydrogen (secondary N) is 1. The summed E-state index contributed by atoms with van der Waals surface area (Å²) in [6.07, 6.45) is 0. The Labute approximate surface area is 181 Å². The molecule has 154 valence electrons. The standard InChI is InChI=1S/C26H23N3O2/c1-3-31-24(30)18-27-26-25(21-8-5-4-6-9-21)28-23-11-7-10-22(29(23)26)17-16-20-14-12-19(2)13-15-20/h4-15,27H,3,18H2,1-2H3. The lowest BCUT2D eigenvalue weighted by Gasteiger charge is -2.10. The number of nitrogens with zero attached hydrogens (tertiary/aromatic N) is 2. The number of carbonyl (C=O) groups excluding carboxylic acids is 1. The number of hydrogen-bond donors (Lipinski definition) is 1. The van der Waals surface area contributed by atoms with E-state index >= 15 is 0 Å². The van der Waals surface area contributed by atoms with E-state index in [0.29, 0.717) is 12.4 Å². The summed E-state index contributed by atoms with van der Waals surface area (Å²) in [7, 11) is 0. The molecular weight excluding hydrogens is 386 g/mol. The molecule has 0 saturated carbocycles. The fraction of sp³-hybridized carbons (Fsp3) is 0.154. The molecule has 5 nitrogen and oxygen atoms in total. The van der Waals surface area contributed by atoms with E-state index < -0.39 is 0 Å². The number of anilines is 1. The Hall–Kier alpha value is -4.04. The van der Waals surface area contributed by atoms with Gasteiger partial charge in [0.2, 0.25) is 0 Å². The number of aromatic nitrogens is 2. The average molecular weight is 409 g/mol. The number of hydrogen-bond acceptors (Lipinski definition) is 4. The zero-order valence-corrected chi connectivity index (χ0v) is 17.6. The minimum absolute atomic E-state index is 0.0428. The van der Waals surface area contributed by atoms with E-state index in [1.165, 1.54) is 5.56 Å². The normalized spacial score (nSPS) is 10.4. The van der Waals surface area contributed by atoms with Crippen LogP contribution in [0, 0.1) is 18.8 Å². The second-order valence-corrected chi connectivity index (χ2v) is 7.05. The van der Waals surface area contributed by atoms with E-state index in [2.05, 4.69) is 24.1 Å². The van der Waals surface area contributed by atoms with Crippen LogP contribution in [0.4, 0.5) is 5.82 Å². The highest BCUT2D eigenvalue weighted by atomic mass is 16.5. The van der Waals surface area contributed by atoms with Crippen molar-refractivity contribution in [3.05, 3.63) is 89.6 Å². The monoisotopic (exact) mass is 409 g/mol. The van der Waals surface area contributed by atoms with Crippen molar-refractivity contribution in [1.82, 2.24) is 9.38 Å². The predicted molar refractivity (Wildman–Crippen MR) is 123 cm³/mol. The van der Waals surface area contributed by atoms with Gasteiger partial charge in [-0.1, -0.05) is 60.0 Å². The Kier molecular flexibility index (Phi) is 6.00. The molecule has 0 aliphatic rings. The molecule has 0 saturated heterocycles. The van der Waals surface area contributed by atoms with Gasteiger partial charge >= 0.3 is 5.97 Å². The first-order chi connectivity index (χ1) is 15.2. The van der Waals surface area contributed by atoms with Gasteiger partial charge in [-0.2, -0.15) is 0 Å². The maximum absolute atomic E-state index is 12.0. The number of pyridine rings is 1. The molecule has 0 unspecified atom stereocenters. The molecule has 2 aromatic heterocycles. The van der Waals surface area contributed by atoms with Crippen molar-refractivity contribution in [3.63, 3.8) is 0 Å². The Morgan fingerprint density at radius 1 is 1.00 bits per heavy atom. The van der Waals surface area contributed by atoms with Gasteiger partial charge in [0, 0.05) is 11.1 Å². The van der Waals surface area contributed by atoms with E-state index in [1.54, 1.807) is 6.92 Å². The summed E-state index contributed by atoms with van der Waals surface area (Å²) in [4.78, 5) is 16.8. The van der Waals surface area contributed by atoms with Crippen LogP contribution in [0.5, 0.6) is 0 Å². The van der Waals surface area contributed by atoms with Crippen LogP contribution in [0.15, 0.2) is 72.8 Å². The second kappa shape index (κ2) is 9.19. The summed E-state index contributed by atoms with van der Waals surface area (Å²) in [6.45, 7) is 4.23. The summed E-state index contributed by atoms with van der Waals surface area (Å²) in [5.74, 6) is 6.87. The second-order valence-electron chi connectivity index (χ2n) is 7.05. The molecular formula is C26H23N3O2. The molecule has 0 amide bonds. The lowest BCUT2D eigenvalue weighted by molar-refractivity contribution is -0.140. The van der Waals surface area contributed by atoms with E-state index in [4.69, 9.17) is 9.72 Å². The Bertz CT molecular complexity index is 1260. The zero-order valence-electron chi connectivity index (χ0n) is 17.6. The lowest BCUT2D eigenvalue weighted by Crippen LogP contribution is -2.18. The highest BCUT2D eigenvalue weighted by Crippen LogP contribution is 2.29. The van der Waals surface area contributed by atoms with E-state index in [9.17, 15) is 4.79 Å². The molecule has 0 atom stereocenters. The SMILES string of the molecule is CCOC(=O)CNc1c(-c2ccccc2)nc2cccc(C#Cc3ccc(C)cc3)n12. The molecule has 31 heavy (non-hydrogen) atoms. The number of rotatable bonds is 5. The van der Waals surface area contributed by atoms with Gasteiger partial charge in [0.05, 0.1) is 12.3 Å². The number of fused-ring (bicyclic) bond motifs is 1. The van der Waals surface area contributed by atoms with Gasteiger partial charge in [-0.05, 0) is 44.0 Å². The van der Waals surface area contributed by atoms with E-state index in [1.807, 2.05) is 77.2 Å². The van der Waals surface area contributed by atoms with Gasteiger partial charge in [-0.3, -0.25) is 9.20 Å². The molecule has 4 rings (SSSR count). The largest absolute Gasteiger partial charge is 0.465 e. The summed E-state index contributed by atoms with van der Waals surface area (Å²) in [5, 5.41) is 3.22. The van der Waals surface area contributed by atoms with Crippen molar-refractivity contribution in [2.75, 3.05) is 18.5 Å². The number of ether oxygens (including phenoxy) is 1. The van der Waals surface area contributed by atoms with Crippen LogP contribution >= 0.6 is 0 Å². The fourth-order valence-electron chi connectivity index (χ4n) is 3.29. The van der Waals surface area contributed by atoms with Crippen molar-refractivity contribution in [2.45, 2.75) is 13.8 Å². The van der Waals surface area contributed by atoms with Crippen LogP contribution in [-0.4, -0.2) is 28.5 Å². The quantitative estimate of drug-likeness (QED) is 0.384. The molecule has 0 fully saturated rings. The van der Waals surface area contributed by atoms with Crippen LogP contribution in [0.1, 0.15) is 23.7 Å². The first-order valence-electron chi connectivity index (χ1n) is 10.2. The van der Waals surface area contributed by atoms with Crippen LogP contribution < -0.4 is 5.32 Å². The van der Waals surface area contributed by atoms with Crippen molar-refractivity contribution in [3.8, 4) is 23.1 Å². The van der Waals surface area contributed by atoms with Gasteiger partial charge in [0.1, 0.15) is 23.7 Å². The third-order valence-corrected chi connectivity index (χ3v) is 4.78. The Morgan fingerprint density at radius 3 is 2.52 bits per heavy atom. The molecule has 0 spiro atoms. The van der Waals surface area contributed by atoms with E-state index in [-0.39, 0.29) is 12.5 Å². The minimum atomic E-state index is -0.320. The number of esters is 1. The predicted octanol–water partition coefficient (Wildman–Crippen LogP) is 4.68. The Balaban J connectivity index is 1.82. The third kappa shape index (κ3) is 4.59. The van der Waals surface area contributed by atoms with Crippen molar-refractivity contribution in [1.29, 1.82) is 0 Å². The first-order valence-corrected chi connectivity index (χ1v) is 10.2. The first kappa shape index (κ1) is 20.2. The molecule has 4 aromatic rings. The van der Waals surface area contributed by atoms with E-state index in [0.717, 1.165) is 28.2 Å². The Morgan fingerprint density at radius 2 is 1.77 bits per heavy atom. The van der Waals surface area contributed by atoms with Gasteiger partial charge < -0.3 is 10.1 Å². The topological polar surface area (TPSA) is 55.6 Å². The number of aryl methyl sites for hydroxylation is 1. The van der Waals surface area contributed by atoms with Crippen molar-refractivity contribution >= 4 is 17.4 Å². The molecule has 1 N–H and O–H groups in total. The smallest absolute Gasteiger partial charge is 0.325 e. The molecule has 5 heteroatoms. The number of benzene rings is 2. The highest BCUT2D eigenvalue weighted by Gasteiger charge is 2.17. The van der Waals surface area contributed by atoms with Gasteiger partial charge in [-0.15, -0.1) is 0 Å². The lowest BCUT2D eigenvalue weighted by atomic mass is 10.1. The van der Waals surface area contributed by atoms with Crippen molar-refractivity contribution in [2.24, 2.45) is 0 Å². The molecule has 0 aliphatic heterocycles. The third-order valence-electron chi connectivity index (χ3n) is 4.78. The average Bonchev–Trinajstić information content (AvgIpc) is 3.17. The molecule has 2 heterocycles. The van der Waals surface area contributed by atoms with Crippen LogP contribution in [0.25, 0.3) is 16.9 Å². The fourth-order valence-corrected chi connectivity index (χ4v) is 3.29. The molecule has 2 aromatic carbocycles. The van der Waals surface area contributed by atoms with Crippen LogP contribution in [0.2, 0.25) is 0 Å². The molecule has 0 bridgehead atoms. The van der Waals surface area contributed by atoms with Crippen LogP contribution in [-0.2, 0) is 9.53 Å².